The number of aliphatic hydroxyl groups is 1. The summed E-state index contributed by atoms with van der Waals surface area (Å²) in [6.45, 7) is 2.02. The van der Waals surface area contributed by atoms with Gasteiger partial charge in [-0.2, -0.15) is 0 Å². The maximum atomic E-state index is 10.3. The SMILES string of the molecule is Cc1ccccc1C(O)c1ccc(I)cc1. The molecule has 1 N–H and O–H groups in total. The van der Waals surface area contributed by atoms with Gasteiger partial charge in [0.1, 0.15) is 6.10 Å². The summed E-state index contributed by atoms with van der Waals surface area (Å²) in [5.41, 5.74) is 3.03. The van der Waals surface area contributed by atoms with E-state index in [1.54, 1.807) is 0 Å². The molecule has 1 nitrogen and oxygen atoms in total. The fourth-order valence-electron chi connectivity index (χ4n) is 1.72. The van der Waals surface area contributed by atoms with E-state index in [4.69, 9.17) is 0 Å². The summed E-state index contributed by atoms with van der Waals surface area (Å²) in [5.74, 6) is 0. The largest absolute Gasteiger partial charge is 0.384 e. The molecule has 82 valence electrons. The van der Waals surface area contributed by atoms with E-state index >= 15 is 0 Å². The number of rotatable bonds is 2. The van der Waals surface area contributed by atoms with Gasteiger partial charge in [0.05, 0.1) is 0 Å². The molecular formula is C14H13IO. The lowest BCUT2D eigenvalue weighted by Crippen LogP contribution is -2.01. The molecule has 0 aromatic heterocycles. The number of benzene rings is 2. The molecule has 0 aliphatic rings. The molecule has 0 aliphatic heterocycles. The van der Waals surface area contributed by atoms with Gasteiger partial charge in [0.2, 0.25) is 0 Å². The molecule has 0 amide bonds. The van der Waals surface area contributed by atoms with Crippen LogP contribution in [0.4, 0.5) is 0 Å². The molecule has 2 aromatic carbocycles. The number of aliphatic hydroxyl groups excluding tert-OH is 1. The maximum absolute atomic E-state index is 10.3. The van der Waals surface area contributed by atoms with Crippen LogP contribution in [0.1, 0.15) is 22.8 Å². The molecule has 0 spiro atoms. The molecule has 0 radical (unpaired) electrons. The van der Waals surface area contributed by atoms with Crippen LogP contribution < -0.4 is 0 Å². The molecule has 0 saturated heterocycles. The van der Waals surface area contributed by atoms with Crippen LogP contribution in [0.25, 0.3) is 0 Å². The van der Waals surface area contributed by atoms with Gasteiger partial charge >= 0.3 is 0 Å². The van der Waals surface area contributed by atoms with Gasteiger partial charge in [-0.1, -0.05) is 36.4 Å². The van der Waals surface area contributed by atoms with Crippen molar-refractivity contribution in [1.29, 1.82) is 0 Å². The van der Waals surface area contributed by atoms with Crippen LogP contribution in [0.15, 0.2) is 48.5 Å². The van der Waals surface area contributed by atoms with Crippen molar-refractivity contribution in [3.05, 3.63) is 68.8 Å². The average molecular weight is 324 g/mol. The second-order valence-corrected chi connectivity index (χ2v) is 5.06. The van der Waals surface area contributed by atoms with Gasteiger partial charge in [0.25, 0.3) is 0 Å². The Balaban J connectivity index is 2.35. The van der Waals surface area contributed by atoms with Crippen LogP contribution in [0, 0.1) is 10.5 Å². The lowest BCUT2D eigenvalue weighted by atomic mass is 9.98. The van der Waals surface area contributed by atoms with Crippen molar-refractivity contribution in [3.8, 4) is 0 Å². The minimum atomic E-state index is -0.529. The molecule has 0 bridgehead atoms. The number of aryl methyl sites for hydroxylation is 1. The van der Waals surface area contributed by atoms with Gasteiger partial charge in [0, 0.05) is 3.57 Å². The molecule has 0 saturated carbocycles. The molecule has 0 aliphatic carbocycles. The smallest absolute Gasteiger partial charge is 0.104 e. The van der Waals surface area contributed by atoms with E-state index in [2.05, 4.69) is 22.6 Å². The van der Waals surface area contributed by atoms with E-state index < -0.39 is 6.10 Å². The van der Waals surface area contributed by atoms with E-state index in [1.807, 2.05) is 55.5 Å². The van der Waals surface area contributed by atoms with Gasteiger partial charge in [-0.15, -0.1) is 0 Å². The van der Waals surface area contributed by atoms with E-state index in [0.717, 1.165) is 16.7 Å². The van der Waals surface area contributed by atoms with Gasteiger partial charge in [0.15, 0.2) is 0 Å². The molecule has 1 atom stereocenters. The van der Waals surface area contributed by atoms with Crippen LogP contribution in [0.3, 0.4) is 0 Å². The van der Waals surface area contributed by atoms with Crippen molar-refractivity contribution in [2.24, 2.45) is 0 Å². The van der Waals surface area contributed by atoms with Crippen molar-refractivity contribution < 1.29 is 5.11 Å². The van der Waals surface area contributed by atoms with Crippen LogP contribution in [0.2, 0.25) is 0 Å². The normalized spacial score (nSPS) is 12.4. The minimum absolute atomic E-state index is 0.529. The van der Waals surface area contributed by atoms with Crippen molar-refractivity contribution in [1.82, 2.24) is 0 Å². The summed E-state index contributed by atoms with van der Waals surface area (Å²) in [4.78, 5) is 0. The Bertz CT molecular complexity index is 476. The topological polar surface area (TPSA) is 20.2 Å². The summed E-state index contributed by atoms with van der Waals surface area (Å²) >= 11 is 2.26. The highest BCUT2D eigenvalue weighted by Crippen LogP contribution is 2.24. The molecule has 0 heterocycles. The quantitative estimate of drug-likeness (QED) is 0.836. The average Bonchev–Trinajstić information content (AvgIpc) is 2.30. The predicted octanol–water partition coefficient (Wildman–Crippen LogP) is 3.68. The predicted molar refractivity (Wildman–Crippen MR) is 74.4 cm³/mol. The standard InChI is InChI=1S/C14H13IO/c1-10-4-2-3-5-13(10)14(16)11-6-8-12(15)9-7-11/h2-9,14,16H,1H3. The zero-order chi connectivity index (χ0) is 11.5. The molecule has 2 heteroatoms. The van der Waals surface area contributed by atoms with Crippen LogP contribution in [-0.2, 0) is 0 Å². The molecule has 1 unspecified atom stereocenters. The minimum Gasteiger partial charge on any atom is -0.384 e. The van der Waals surface area contributed by atoms with E-state index in [-0.39, 0.29) is 0 Å². The third-order valence-corrected chi connectivity index (χ3v) is 3.39. The van der Waals surface area contributed by atoms with Gasteiger partial charge in [-0.05, 0) is 58.3 Å². The molecule has 16 heavy (non-hydrogen) atoms. The highest BCUT2D eigenvalue weighted by Gasteiger charge is 2.11. The fourth-order valence-corrected chi connectivity index (χ4v) is 2.08. The van der Waals surface area contributed by atoms with E-state index in [9.17, 15) is 5.11 Å². The Morgan fingerprint density at radius 3 is 2.25 bits per heavy atom. The molecular weight excluding hydrogens is 311 g/mol. The zero-order valence-corrected chi connectivity index (χ0v) is 11.2. The summed E-state index contributed by atoms with van der Waals surface area (Å²) in [6.07, 6.45) is -0.529. The van der Waals surface area contributed by atoms with Crippen LogP contribution in [0.5, 0.6) is 0 Å². The molecule has 0 fully saturated rings. The number of halogens is 1. The molecule has 2 aromatic rings. The number of hydrogen-bond donors (Lipinski definition) is 1. The first-order chi connectivity index (χ1) is 7.68. The highest BCUT2D eigenvalue weighted by molar-refractivity contribution is 14.1. The lowest BCUT2D eigenvalue weighted by molar-refractivity contribution is 0.219. The Hall–Kier alpha value is -0.870. The zero-order valence-electron chi connectivity index (χ0n) is 9.02. The van der Waals surface area contributed by atoms with Crippen molar-refractivity contribution in [2.45, 2.75) is 13.0 Å². The number of hydrogen-bond acceptors (Lipinski definition) is 1. The van der Waals surface area contributed by atoms with Crippen molar-refractivity contribution in [3.63, 3.8) is 0 Å². The Morgan fingerprint density at radius 2 is 1.62 bits per heavy atom. The van der Waals surface area contributed by atoms with Gasteiger partial charge < -0.3 is 5.11 Å². The summed E-state index contributed by atoms with van der Waals surface area (Å²) in [6, 6.07) is 15.9. The van der Waals surface area contributed by atoms with Crippen LogP contribution in [-0.4, -0.2) is 5.11 Å². The Morgan fingerprint density at radius 1 is 1.00 bits per heavy atom. The summed E-state index contributed by atoms with van der Waals surface area (Å²) in [5, 5.41) is 10.3. The summed E-state index contributed by atoms with van der Waals surface area (Å²) < 4.78 is 1.18. The second kappa shape index (κ2) is 4.97. The molecule has 2 rings (SSSR count). The van der Waals surface area contributed by atoms with E-state index in [1.165, 1.54) is 3.57 Å². The van der Waals surface area contributed by atoms with Gasteiger partial charge in [-0.25, -0.2) is 0 Å². The lowest BCUT2D eigenvalue weighted by Gasteiger charge is -2.13. The van der Waals surface area contributed by atoms with E-state index in [0.29, 0.717) is 0 Å². The second-order valence-electron chi connectivity index (χ2n) is 3.81. The van der Waals surface area contributed by atoms with Gasteiger partial charge in [-0.3, -0.25) is 0 Å². The maximum Gasteiger partial charge on any atom is 0.104 e. The Kier molecular flexibility index (Phi) is 3.61. The third kappa shape index (κ3) is 2.44. The highest BCUT2D eigenvalue weighted by atomic mass is 127. The van der Waals surface area contributed by atoms with Crippen molar-refractivity contribution in [2.75, 3.05) is 0 Å². The first kappa shape index (κ1) is 11.6. The Labute approximate surface area is 109 Å². The first-order valence-electron chi connectivity index (χ1n) is 5.17. The monoisotopic (exact) mass is 324 g/mol. The first-order valence-corrected chi connectivity index (χ1v) is 6.25. The third-order valence-electron chi connectivity index (χ3n) is 2.67. The summed E-state index contributed by atoms with van der Waals surface area (Å²) in [7, 11) is 0. The van der Waals surface area contributed by atoms with Crippen molar-refractivity contribution >= 4 is 22.6 Å². The fraction of sp³-hybridized carbons (Fsp3) is 0.143. The van der Waals surface area contributed by atoms with Crippen LogP contribution >= 0.6 is 22.6 Å².